The number of aryl methyl sites for hydroxylation is 1. The summed E-state index contributed by atoms with van der Waals surface area (Å²) in [6.07, 6.45) is 1.79. The molecule has 0 saturated carbocycles. The van der Waals surface area contributed by atoms with Gasteiger partial charge in [-0.05, 0) is 32.3 Å². The quantitative estimate of drug-likeness (QED) is 0.804. The molecule has 0 heterocycles. The van der Waals surface area contributed by atoms with Crippen molar-refractivity contribution in [2.45, 2.75) is 32.2 Å². The van der Waals surface area contributed by atoms with E-state index in [1.54, 1.807) is 7.11 Å². The van der Waals surface area contributed by atoms with Gasteiger partial charge in [-0.25, -0.2) is 0 Å². The Labute approximate surface area is 92.4 Å². The van der Waals surface area contributed by atoms with Gasteiger partial charge in [0.05, 0.1) is 0 Å². The van der Waals surface area contributed by atoms with Gasteiger partial charge in [0.25, 0.3) is 0 Å². The van der Waals surface area contributed by atoms with E-state index in [4.69, 9.17) is 10.5 Å². The lowest BCUT2D eigenvalue weighted by Gasteiger charge is -2.24. The standard InChI is InChI=1S/C13H21NO/c1-11-5-4-6-12(9-11)10-13(2,14)7-8-15-3/h4-6,9H,7-8,10,14H2,1-3H3. The molecule has 0 aliphatic heterocycles. The largest absolute Gasteiger partial charge is 0.385 e. The Balaban J connectivity index is 2.60. The normalized spacial score (nSPS) is 14.9. The lowest BCUT2D eigenvalue weighted by Crippen LogP contribution is -2.39. The smallest absolute Gasteiger partial charge is 0.0479 e. The first-order valence-electron chi connectivity index (χ1n) is 5.37. The minimum absolute atomic E-state index is 0.177. The molecule has 0 fully saturated rings. The summed E-state index contributed by atoms with van der Waals surface area (Å²) in [5, 5.41) is 0. The van der Waals surface area contributed by atoms with Crippen LogP contribution in [-0.2, 0) is 11.2 Å². The number of nitrogens with two attached hydrogens (primary N) is 1. The molecule has 0 aliphatic carbocycles. The van der Waals surface area contributed by atoms with Gasteiger partial charge in [0.15, 0.2) is 0 Å². The molecule has 2 N–H and O–H groups in total. The van der Waals surface area contributed by atoms with Crippen molar-refractivity contribution in [1.82, 2.24) is 0 Å². The maximum Gasteiger partial charge on any atom is 0.0479 e. The Hall–Kier alpha value is -0.860. The van der Waals surface area contributed by atoms with Gasteiger partial charge in [-0.15, -0.1) is 0 Å². The third-order valence-electron chi connectivity index (χ3n) is 2.57. The molecule has 0 bridgehead atoms. The van der Waals surface area contributed by atoms with Crippen molar-refractivity contribution in [2.75, 3.05) is 13.7 Å². The highest BCUT2D eigenvalue weighted by molar-refractivity contribution is 5.23. The number of hydrogen-bond acceptors (Lipinski definition) is 2. The lowest BCUT2D eigenvalue weighted by molar-refractivity contribution is 0.171. The van der Waals surface area contributed by atoms with E-state index in [0.717, 1.165) is 19.4 Å². The fraction of sp³-hybridized carbons (Fsp3) is 0.538. The van der Waals surface area contributed by atoms with Crippen LogP contribution in [0.4, 0.5) is 0 Å². The van der Waals surface area contributed by atoms with E-state index in [1.807, 2.05) is 0 Å². The summed E-state index contributed by atoms with van der Waals surface area (Å²) >= 11 is 0. The molecule has 0 aliphatic rings. The van der Waals surface area contributed by atoms with Crippen molar-refractivity contribution >= 4 is 0 Å². The zero-order chi connectivity index (χ0) is 11.3. The monoisotopic (exact) mass is 207 g/mol. The van der Waals surface area contributed by atoms with E-state index in [9.17, 15) is 0 Å². The van der Waals surface area contributed by atoms with E-state index in [1.165, 1.54) is 11.1 Å². The molecule has 1 aromatic rings. The van der Waals surface area contributed by atoms with Crippen molar-refractivity contribution in [3.63, 3.8) is 0 Å². The summed E-state index contributed by atoms with van der Waals surface area (Å²) in [5.74, 6) is 0. The topological polar surface area (TPSA) is 35.2 Å². The van der Waals surface area contributed by atoms with Crippen LogP contribution in [0.5, 0.6) is 0 Å². The Morgan fingerprint density at radius 1 is 1.40 bits per heavy atom. The van der Waals surface area contributed by atoms with Gasteiger partial charge in [-0.3, -0.25) is 0 Å². The van der Waals surface area contributed by atoms with Gasteiger partial charge in [-0.1, -0.05) is 29.8 Å². The number of rotatable bonds is 5. The van der Waals surface area contributed by atoms with Crippen molar-refractivity contribution in [1.29, 1.82) is 0 Å². The highest BCUT2D eigenvalue weighted by Gasteiger charge is 2.18. The summed E-state index contributed by atoms with van der Waals surface area (Å²) in [6.45, 7) is 4.90. The summed E-state index contributed by atoms with van der Waals surface area (Å²) < 4.78 is 5.06. The molecule has 1 unspecified atom stereocenters. The first-order valence-corrected chi connectivity index (χ1v) is 5.37. The zero-order valence-electron chi connectivity index (χ0n) is 9.92. The van der Waals surface area contributed by atoms with Gasteiger partial charge in [-0.2, -0.15) is 0 Å². The van der Waals surface area contributed by atoms with Gasteiger partial charge in [0, 0.05) is 19.3 Å². The molecular weight excluding hydrogens is 186 g/mol. The average molecular weight is 207 g/mol. The van der Waals surface area contributed by atoms with Crippen LogP contribution in [0, 0.1) is 6.92 Å². The van der Waals surface area contributed by atoms with Crippen LogP contribution in [0.1, 0.15) is 24.5 Å². The Morgan fingerprint density at radius 3 is 2.73 bits per heavy atom. The molecule has 1 rings (SSSR count). The highest BCUT2D eigenvalue weighted by Crippen LogP contribution is 2.15. The van der Waals surface area contributed by atoms with Crippen LogP contribution >= 0.6 is 0 Å². The van der Waals surface area contributed by atoms with E-state index >= 15 is 0 Å². The van der Waals surface area contributed by atoms with Crippen molar-refractivity contribution in [3.8, 4) is 0 Å². The maximum atomic E-state index is 6.20. The van der Waals surface area contributed by atoms with Crippen LogP contribution in [-0.4, -0.2) is 19.3 Å². The van der Waals surface area contributed by atoms with Crippen LogP contribution < -0.4 is 5.73 Å². The van der Waals surface area contributed by atoms with Crippen molar-refractivity contribution < 1.29 is 4.74 Å². The molecular formula is C13H21NO. The van der Waals surface area contributed by atoms with E-state index in [0.29, 0.717) is 0 Å². The second-order valence-corrected chi connectivity index (χ2v) is 4.56. The number of benzene rings is 1. The van der Waals surface area contributed by atoms with Gasteiger partial charge in [0.2, 0.25) is 0 Å². The van der Waals surface area contributed by atoms with Gasteiger partial charge >= 0.3 is 0 Å². The Kier molecular flexibility index (Phi) is 4.30. The lowest BCUT2D eigenvalue weighted by atomic mass is 9.90. The van der Waals surface area contributed by atoms with Crippen LogP contribution in [0.25, 0.3) is 0 Å². The maximum absolute atomic E-state index is 6.20. The summed E-state index contributed by atoms with van der Waals surface area (Å²) in [4.78, 5) is 0. The molecule has 15 heavy (non-hydrogen) atoms. The second-order valence-electron chi connectivity index (χ2n) is 4.56. The van der Waals surface area contributed by atoms with Crippen LogP contribution in [0.15, 0.2) is 24.3 Å². The van der Waals surface area contributed by atoms with Gasteiger partial charge < -0.3 is 10.5 Å². The minimum atomic E-state index is -0.177. The van der Waals surface area contributed by atoms with Crippen molar-refractivity contribution in [2.24, 2.45) is 5.73 Å². The zero-order valence-corrected chi connectivity index (χ0v) is 9.92. The molecule has 2 heteroatoms. The van der Waals surface area contributed by atoms with Crippen LogP contribution in [0.3, 0.4) is 0 Å². The summed E-state index contributed by atoms with van der Waals surface area (Å²) in [5.41, 5.74) is 8.62. The molecule has 1 aromatic carbocycles. The Bertz CT molecular complexity index is 307. The second kappa shape index (κ2) is 5.29. The minimum Gasteiger partial charge on any atom is -0.385 e. The molecule has 0 spiro atoms. The van der Waals surface area contributed by atoms with Gasteiger partial charge in [0.1, 0.15) is 0 Å². The molecule has 0 aromatic heterocycles. The van der Waals surface area contributed by atoms with E-state index < -0.39 is 0 Å². The number of methoxy groups -OCH3 is 1. The third-order valence-corrected chi connectivity index (χ3v) is 2.57. The predicted molar refractivity (Wildman–Crippen MR) is 64.0 cm³/mol. The first-order chi connectivity index (χ1) is 7.03. The molecule has 1 atom stereocenters. The fourth-order valence-electron chi connectivity index (χ4n) is 1.71. The summed E-state index contributed by atoms with van der Waals surface area (Å²) in [7, 11) is 1.71. The third kappa shape index (κ3) is 4.45. The fourth-order valence-corrected chi connectivity index (χ4v) is 1.71. The highest BCUT2D eigenvalue weighted by atomic mass is 16.5. The SMILES string of the molecule is COCCC(C)(N)Cc1cccc(C)c1. The first kappa shape index (κ1) is 12.2. The van der Waals surface area contributed by atoms with E-state index in [-0.39, 0.29) is 5.54 Å². The Morgan fingerprint density at radius 2 is 2.13 bits per heavy atom. The molecule has 0 amide bonds. The molecule has 84 valence electrons. The molecule has 0 radical (unpaired) electrons. The van der Waals surface area contributed by atoms with E-state index in [2.05, 4.69) is 38.1 Å². The van der Waals surface area contributed by atoms with Crippen LogP contribution in [0.2, 0.25) is 0 Å². The predicted octanol–water partition coefficient (Wildman–Crippen LogP) is 2.29. The molecule has 0 saturated heterocycles. The van der Waals surface area contributed by atoms with Crippen molar-refractivity contribution in [3.05, 3.63) is 35.4 Å². The molecule has 2 nitrogen and oxygen atoms in total. The average Bonchev–Trinajstić information content (AvgIpc) is 2.14. The summed E-state index contributed by atoms with van der Waals surface area (Å²) in [6, 6.07) is 8.51. The number of ether oxygens (including phenoxy) is 1. The number of hydrogen-bond donors (Lipinski definition) is 1.